The lowest BCUT2D eigenvalue weighted by molar-refractivity contribution is -0.340. The Morgan fingerprint density at radius 3 is 1.58 bits per heavy atom. The van der Waals surface area contributed by atoms with Crippen molar-refractivity contribution in [3.05, 3.63) is 57.7 Å². The molecule has 8 N–H and O–H groups in total. The molecule has 2 aromatic carbocycles. The van der Waals surface area contributed by atoms with Crippen LogP contribution in [0, 0.1) is 6.92 Å². The second-order valence-corrected chi connectivity index (χ2v) is 22.1. The van der Waals surface area contributed by atoms with Gasteiger partial charge < -0.3 is 97.7 Å². The molecule has 0 aromatic heterocycles. The molecule has 426 valence electrons. The average molecular weight is 1090 g/mol. The molecule has 0 spiro atoms. The van der Waals surface area contributed by atoms with Crippen molar-refractivity contribution in [2.75, 3.05) is 0 Å². The normalized spacial score (nSPS) is 42.6. The van der Waals surface area contributed by atoms with Crippen LogP contribution >= 0.6 is 0 Å². The van der Waals surface area contributed by atoms with Gasteiger partial charge in [0.15, 0.2) is 43.0 Å². The third-order valence-electron chi connectivity index (χ3n) is 16.3. The van der Waals surface area contributed by atoms with E-state index in [1.165, 1.54) is 18.2 Å². The fraction of sp³-hybridized carbons (Fsp3) is 0.709. The molecule has 6 saturated heterocycles. The van der Waals surface area contributed by atoms with Crippen LogP contribution < -0.4 is 4.74 Å². The van der Waals surface area contributed by atoms with Crippen LogP contribution in [-0.4, -0.2) is 194 Å². The summed E-state index contributed by atoms with van der Waals surface area (Å²) in [5, 5.41) is 88.0. The first kappa shape index (κ1) is 56.5. The van der Waals surface area contributed by atoms with E-state index >= 15 is 0 Å². The highest BCUT2D eigenvalue weighted by atomic mass is 16.8. The Morgan fingerprint density at radius 1 is 0.481 bits per heavy atom. The quantitative estimate of drug-likeness (QED) is 0.152. The van der Waals surface area contributed by atoms with Gasteiger partial charge in [0.05, 0.1) is 90.5 Å². The number of ether oxygens (including phenoxy) is 12. The second kappa shape index (κ2) is 23.0. The highest BCUT2D eigenvalue weighted by Crippen LogP contribution is 2.48. The standard InChI is InChI=1S/C55H74O22/c1-21-14-28-16-32(59)47-49(45(28)31(58)15-21)53(65)48-36(10-8-30(57)46(48)52(47)64)73-42-18-34(61)55(27(7)71-42)77-44-20-38(51(63)25(5)69-44)75-40-13-11-35(23(3)67-40)72-41-17-33(60)54(26(6)70-41)76-43-19-37(50(62)24(4)68-43)74-39-12-9-29(56)22(2)66-39/h8,10,14-15,22-27,29,32-35,37-44,50-51,54-63H,9,11-13,16-20H2,1-7H3. The molecule has 10 rings (SSSR count). The van der Waals surface area contributed by atoms with Crippen LogP contribution in [0.15, 0.2) is 29.8 Å². The molecule has 23 unspecified atom stereocenters. The van der Waals surface area contributed by atoms with E-state index in [1.807, 2.05) is 6.92 Å². The Balaban J connectivity index is 0.701. The minimum atomic E-state index is -1.36. The first-order valence-corrected chi connectivity index (χ1v) is 27.1. The van der Waals surface area contributed by atoms with Crippen LogP contribution in [0.25, 0.3) is 5.57 Å². The van der Waals surface area contributed by atoms with Crippen molar-refractivity contribution in [3.63, 3.8) is 0 Å². The summed E-state index contributed by atoms with van der Waals surface area (Å²) in [6.45, 7) is 12.2. The topological polar surface area (TPSA) is 307 Å². The zero-order chi connectivity index (χ0) is 54.9. The number of fused-ring (bicyclic) bond motifs is 3. The first-order valence-electron chi connectivity index (χ1n) is 27.1. The lowest BCUT2D eigenvalue weighted by Crippen LogP contribution is -2.56. The summed E-state index contributed by atoms with van der Waals surface area (Å²) in [5.41, 5.74) is 0.296. The molecular formula is C55H74O22. The van der Waals surface area contributed by atoms with E-state index in [1.54, 1.807) is 47.6 Å². The molecule has 22 nitrogen and oxygen atoms in total. The molecule has 6 fully saturated rings. The summed E-state index contributed by atoms with van der Waals surface area (Å²) in [5.74, 6) is -2.36. The van der Waals surface area contributed by atoms with Gasteiger partial charge in [-0.1, -0.05) is 6.07 Å². The Kier molecular flexibility index (Phi) is 16.9. The molecule has 23 atom stereocenters. The fourth-order valence-corrected chi connectivity index (χ4v) is 12.2. The van der Waals surface area contributed by atoms with Crippen molar-refractivity contribution in [1.82, 2.24) is 0 Å². The number of aromatic hydroxyl groups is 2. The number of aryl methyl sites for hydroxylation is 1. The zero-order valence-corrected chi connectivity index (χ0v) is 44.2. The Morgan fingerprint density at radius 2 is 1.00 bits per heavy atom. The number of carbonyl (C=O) groups is 2. The number of Topliss-reactive ketones (excluding diaryl/α,β-unsaturated/α-hetero) is 2. The number of aliphatic hydroxyl groups excluding tert-OH is 6. The minimum Gasteiger partial charge on any atom is -0.507 e. The minimum absolute atomic E-state index is 0.0193. The van der Waals surface area contributed by atoms with Crippen molar-refractivity contribution in [2.24, 2.45) is 0 Å². The molecule has 6 aliphatic heterocycles. The molecule has 0 saturated carbocycles. The van der Waals surface area contributed by atoms with Gasteiger partial charge in [-0.15, -0.1) is 0 Å². The molecule has 0 amide bonds. The summed E-state index contributed by atoms with van der Waals surface area (Å²) in [6.07, 6.45) is -16.2. The molecule has 0 bridgehead atoms. The summed E-state index contributed by atoms with van der Waals surface area (Å²) in [4.78, 5) is 28.4. The number of allylic oxidation sites excluding steroid dienone is 1. The first-order chi connectivity index (χ1) is 36.6. The van der Waals surface area contributed by atoms with Gasteiger partial charge in [-0.2, -0.15) is 0 Å². The van der Waals surface area contributed by atoms with Crippen LogP contribution in [0.1, 0.15) is 130 Å². The van der Waals surface area contributed by atoms with E-state index in [0.29, 0.717) is 36.8 Å². The number of ketones is 2. The number of phenols is 2. The number of benzene rings is 2. The number of phenolic OH excluding ortho intramolecular Hbond substituents is 2. The SMILES string of the molecule is Cc1cc(O)c2c(c1)CC(O)C1=C2C(=O)c2c(OC3CC(O)C(OC4CC(OC5CCC(OC6CC(O)C(OC7CC(OC8CCC(O)C(C)O8)C(O)C(C)O7)C(C)O6)C(C)O5)C(O)C(C)O4)C(C)O3)ccc(O)c2C1=O. The summed E-state index contributed by atoms with van der Waals surface area (Å²) >= 11 is 0. The summed E-state index contributed by atoms with van der Waals surface area (Å²) in [6, 6.07) is 5.71. The number of rotatable bonds is 12. The van der Waals surface area contributed by atoms with E-state index in [2.05, 4.69) is 0 Å². The third kappa shape index (κ3) is 11.6. The van der Waals surface area contributed by atoms with Gasteiger partial charge in [0.2, 0.25) is 6.29 Å². The van der Waals surface area contributed by atoms with Crippen LogP contribution in [0.5, 0.6) is 17.2 Å². The molecule has 2 aliphatic carbocycles. The highest BCUT2D eigenvalue weighted by Gasteiger charge is 2.49. The molecule has 8 aliphatic rings. The van der Waals surface area contributed by atoms with Crippen LogP contribution in [-0.2, 0) is 58.5 Å². The highest BCUT2D eigenvalue weighted by molar-refractivity contribution is 6.43. The molecule has 0 radical (unpaired) electrons. The lowest BCUT2D eigenvalue weighted by atomic mass is 9.72. The Hall–Kier alpha value is -3.76. The van der Waals surface area contributed by atoms with Gasteiger partial charge in [0, 0.05) is 61.7 Å². The number of hydrogen-bond donors (Lipinski definition) is 8. The Labute approximate surface area is 445 Å². The van der Waals surface area contributed by atoms with Crippen molar-refractivity contribution >= 4 is 17.1 Å². The summed E-state index contributed by atoms with van der Waals surface area (Å²) in [7, 11) is 0. The number of aliphatic hydroxyl groups is 6. The maximum Gasteiger partial charge on any atom is 0.202 e. The smallest absolute Gasteiger partial charge is 0.202 e. The van der Waals surface area contributed by atoms with Crippen molar-refractivity contribution in [3.8, 4) is 17.2 Å². The predicted octanol–water partition coefficient (Wildman–Crippen LogP) is 2.85. The number of carbonyl (C=O) groups excluding carboxylic acids is 2. The lowest BCUT2D eigenvalue weighted by Gasteiger charge is -2.45. The van der Waals surface area contributed by atoms with Gasteiger partial charge in [-0.3, -0.25) is 9.59 Å². The molecule has 2 aromatic rings. The third-order valence-corrected chi connectivity index (χ3v) is 16.3. The van der Waals surface area contributed by atoms with Crippen LogP contribution in [0.4, 0.5) is 0 Å². The van der Waals surface area contributed by atoms with Crippen LogP contribution in [0.2, 0.25) is 0 Å². The fourth-order valence-electron chi connectivity index (χ4n) is 12.2. The van der Waals surface area contributed by atoms with Gasteiger partial charge in [-0.05, 0) is 90.6 Å². The van der Waals surface area contributed by atoms with E-state index in [0.717, 1.165) is 0 Å². The van der Waals surface area contributed by atoms with Gasteiger partial charge in [-0.25, -0.2) is 0 Å². The average Bonchev–Trinajstić information content (AvgIpc) is 3.51. The Bertz CT molecular complexity index is 2480. The number of hydrogen-bond acceptors (Lipinski definition) is 22. The maximum atomic E-state index is 14.4. The molecule has 22 heteroatoms. The second-order valence-electron chi connectivity index (χ2n) is 22.1. The van der Waals surface area contributed by atoms with Gasteiger partial charge in [0.25, 0.3) is 0 Å². The van der Waals surface area contributed by atoms with Gasteiger partial charge in [0.1, 0.15) is 41.7 Å². The predicted molar refractivity (Wildman–Crippen MR) is 264 cm³/mol. The van der Waals surface area contributed by atoms with E-state index < -0.39 is 159 Å². The molecule has 6 heterocycles. The maximum absolute atomic E-state index is 14.4. The van der Waals surface area contributed by atoms with Crippen molar-refractivity contribution in [2.45, 2.75) is 248 Å². The summed E-state index contributed by atoms with van der Waals surface area (Å²) < 4.78 is 74.2. The largest absolute Gasteiger partial charge is 0.507 e. The van der Waals surface area contributed by atoms with Crippen molar-refractivity contribution < 1.29 is 107 Å². The van der Waals surface area contributed by atoms with E-state index in [9.17, 15) is 50.4 Å². The van der Waals surface area contributed by atoms with Crippen molar-refractivity contribution in [1.29, 1.82) is 0 Å². The van der Waals surface area contributed by atoms with E-state index in [-0.39, 0.29) is 71.4 Å². The van der Waals surface area contributed by atoms with Crippen LogP contribution in [0.3, 0.4) is 0 Å². The monoisotopic (exact) mass is 1090 g/mol. The molecular weight excluding hydrogens is 1010 g/mol. The van der Waals surface area contributed by atoms with Gasteiger partial charge >= 0.3 is 0 Å². The molecule has 77 heavy (non-hydrogen) atoms. The zero-order valence-electron chi connectivity index (χ0n) is 44.2. The van der Waals surface area contributed by atoms with E-state index in [4.69, 9.17) is 56.8 Å².